The van der Waals surface area contributed by atoms with E-state index in [1.165, 1.54) is 12.1 Å². The molecule has 0 aliphatic heterocycles. The van der Waals surface area contributed by atoms with Crippen LogP contribution in [0.4, 0.5) is 4.39 Å². The van der Waals surface area contributed by atoms with Crippen molar-refractivity contribution in [1.82, 2.24) is 29.1 Å². The van der Waals surface area contributed by atoms with Crippen LogP contribution in [-0.2, 0) is 13.1 Å². The molecular formula is C24H21FN6. The van der Waals surface area contributed by atoms with Crippen LogP contribution in [0.15, 0.2) is 73.7 Å². The Morgan fingerprint density at radius 3 is 2.35 bits per heavy atom. The summed E-state index contributed by atoms with van der Waals surface area (Å²) in [5, 5.41) is 0. The molecule has 5 aromatic rings. The summed E-state index contributed by atoms with van der Waals surface area (Å²) in [7, 11) is 0. The number of hydrogen-bond acceptors (Lipinski definition) is 4. The first-order valence-corrected chi connectivity index (χ1v) is 10.2. The summed E-state index contributed by atoms with van der Waals surface area (Å²) < 4.78 is 17.9. The van der Waals surface area contributed by atoms with Gasteiger partial charge in [0, 0.05) is 55.2 Å². The second-order valence-electron chi connectivity index (χ2n) is 7.45. The van der Waals surface area contributed by atoms with Gasteiger partial charge >= 0.3 is 0 Å². The van der Waals surface area contributed by atoms with Crippen LogP contribution in [0.2, 0.25) is 0 Å². The van der Waals surface area contributed by atoms with Gasteiger partial charge in [-0.3, -0.25) is 9.97 Å². The fraction of sp³-hybridized carbons (Fsp3) is 0.167. The standard InChI is InChI=1S/C24H21FN6/c1-17-15-30(16-29-17)13-2-14-31-23(19-7-9-26-10-8-19)21(18-3-5-20(25)6-4-18)22-24(31)28-12-11-27-22/h3-12,15-16H,2,13-14H2,1H3. The predicted octanol–water partition coefficient (Wildman–Crippen LogP) is 4.89. The number of imidazole rings is 1. The Morgan fingerprint density at radius 1 is 0.839 bits per heavy atom. The van der Waals surface area contributed by atoms with E-state index in [2.05, 4.69) is 29.1 Å². The molecule has 4 heterocycles. The Labute approximate surface area is 179 Å². The highest BCUT2D eigenvalue weighted by Gasteiger charge is 2.21. The molecule has 0 aliphatic rings. The van der Waals surface area contributed by atoms with Crippen molar-refractivity contribution in [3.8, 4) is 22.4 Å². The van der Waals surface area contributed by atoms with Gasteiger partial charge in [-0.25, -0.2) is 14.4 Å². The van der Waals surface area contributed by atoms with E-state index in [9.17, 15) is 4.39 Å². The predicted molar refractivity (Wildman–Crippen MR) is 118 cm³/mol. The second kappa shape index (κ2) is 8.10. The zero-order valence-corrected chi connectivity index (χ0v) is 17.1. The third-order valence-electron chi connectivity index (χ3n) is 5.33. The van der Waals surface area contributed by atoms with Crippen molar-refractivity contribution in [2.75, 3.05) is 0 Å². The molecule has 0 atom stereocenters. The Kier molecular flexibility index (Phi) is 5.00. The molecule has 0 unspecified atom stereocenters. The van der Waals surface area contributed by atoms with Crippen LogP contribution in [0.3, 0.4) is 0 Å². The smallest absolute Gasteiger partial charge is 0.159 e. The first-order valence-electron chi connectivity index (χ1n) is 10.2. The zero-order chi connectivity index (χ0) is 21.2. The average Bonchev–Trinajstić information content (AvgIpc) is 3.36. The van der Waals surface area contributed by atoms with Crippen LogP contribution in [0.25, 0.3) is 33.5 Å². The van der Waals surface area contributed by atoms with Crippen molar-refractivity contribution in [3.05, 3.63) is 85.2 Å². The molecule has 6 nitrogen and oxygen atoms in total. The SMILES string of the molecule is Cc1cn(CCCn2c(-c3ccncc3)c(-c3ccc(F)cc3)c3nccnc32)cn1. The number of aryl methyl sites for hydroxylation is 3. The van der Waals surface area contributed by atoms with E-state index in [-0.39, 0.29) is 5.82 Å². The number of benzene rings is 1. The second-order valence-corrected chi connectivity index (χ2v) is 7.45. The highest BCUT2D eigenvalue weighted by Crippen LogP contribution is 2.39. The van der Waals surface area contributed by atoms with Crippen molar-refractivity contribution in [1.29, 1.82) is 0 Å². The van der Waals surface area contributed by atoms with E-state index < -0.39 is 0 Å². The Morgan fingerprint density at radius 2 is 1.61 bits per heavy atom. The largest absolute Gasteiger partial charge is 0.337 e. The van der Waals surface area contributed by atoms with Crippen LogP contribution in [-0.4, -0.2) is 29.1 Å². The van der Waals surface area contributed by atoms with Crippen LogP contribution >= 0.6 is 0 Å². The Bertz CT molecular complexity index is 1320. The van der Waals surface area contributed by atoms with Gasteiger partial charge in [-0.15, -0.1) is 0 Å². The van der Waals surface area contributed by atoms with Crippen molar-refractivity contribution in [2.24, 2.45) is 0 Å². The van der Waals surface area contributed by atoms with E-state index in [1.54, 1.807) is 36.9 Å². The maximum Gasteiger partial charge on any atom is 0.159 e. The lowest BCUT2D eigenvalue weighted by Crippen LogP contribution is -2.05. The summed E-state index contributed by atoms with van der Waals surface area (Å²) in [4.78, 5) is 17.8. The lowest BCUT2D eigenvalue weighted by molar-refractivity contribution is 0.574. The van der Waals surface area contributed by atoms with E-state index >= 15 is 0 Å². The minimum absolute atomic E-state index is 0.264. The van der Waals surface area contributed by atoms with Gasteiger partial charge in [0.25, 0.3) is 0 Å². The fourth-order valence-corrected chi connectivity index (χ4v) is 3.98. The van der Waals surface area contributed by atoms with Gasteiger partial charge in [-0.1, -0.05) is 12.1 Å². The molecule has 0 fully saturated rings. The van der Waals surface area contributed by atoms with E-state index in [0.717, 1.165) is 58.8 Å². The molecule has 0 bridgehead atoms. The number of nitrogens with zero attached hydrogens (tertiary/aromatic N) is 6. The maximum absolute atomic E-state index is 13.6. The number of fused-ring (bicyclic) bond motifs is 1. The zero-order valence-electron chi connectivity index (χ0n) is 17.1. The maximum atomic E-state index is 13.6. The molecular weight excluding hydrogens is 391 g/mol. The molecule has 0 saturated carbocycles. The van der Waals surface area contributed by atoms with Crippen LogP contribution in [0.1, 0.15) is 12.1 Å². The highest BCUT2D eigenvalue weighted by atomic mass is 19.1. The van der Waals surface area contributed by atoms with Crippen LogP contribution in [0.5, 0.6) is 0 Å². The number of pyridine rings is 1. The normalized spacial score (nSPS) is 11.3. The van der Waals surface area contributed by atoms with Crippen molar-refractivity contribution >= 4 is 11.2 Å². The van der Waals surface area contributed by atoms with Gasteiger partial charge in [0.1, 0.15) is 11.3 Å². The molecule has 4 aromatic heterocycles. The molecule has 1 aromatic carbocycles. The lowest BCUT2D eigenvalue weighted by atomic mass is 10.0. The van der Waals surface area contributed by atoms with Gasteiger partial charge in [0.2, 0.25) is 0 Å². The summed E-state index contributed by atoms with van der Waals surface area (Å²) in [5.41, 5.74) is 6.52. The van der Waals surface area contributed by atoms with Gasteiger partial charge in [0.15, 0.2) is 5.65 Å². The van der Waals surface area contributed by atoms with Crippen molar-refractivity contribution in [3.63, 3.8) is 0 Å². The molecule has 0 radical (unpaired) electrons. The van der Waals surface area contributed by atoms with Crippen LogP contribution in [0, 0.1) is 12.7 Å². The molecule has 5 rings (SSSR count). The van der Waals surface area contributed by atoms with Crippen molar-refractivity contribution in [2.45, 2.75) is 26.4 Å². The molecule has 154 valence electrons. The fourth-order valence-electron chi connectivity index (χ4n) is 3.98. The minimum atomic E-state index is -0.264. The number of rotatable bonds is 6. The molecule has 31 heavy (non-hydrogen) atoms. The van der Waals surface area contributed by atoms with E-state index in [4.69, 9.17) is 0 Å². The molecule has 0 aliphatic carbocycles. The quantitative estimate of drug-likeness (QED) is 0.398. The Hall–Kier alpha value is -3.87. The third kappa shape index (κ3) is 3.70. The summed E-state index contributed by atoms with van der Waals surface area (Å²) >= 11 is 0. The van der Waals surface area contributed by atoms with Gasteiger partial charge in [-0.2, -0.15) is 0 Å². The summed E-state index contributed by atoms with van der Waals surface area (Å²) in [6, 6.07) is 10.5. The molecule has 7 heteroatoms. The average molecular weight is 412 g/mol. The van der Waals surface area contributed by atoms with E-state index in [0.29, 0.717) is 0 Å². The third-order valence-corrected chi connectivity index (χ3v) is 5.33. The summed E-state index contributed by atoms with van der Waals surface area (Å²) in [6.45, 7) is 3.59. The highest BCUT2D eigenvalue weighted by molar-refractivity contribution is 6.00. The van der Waals surface area contributed by atoms with Crippen molar-refractivity contribution < 1.29 is 4.39 Å². The number of halogens is 1. The summed E-state index contributed by atoms with van der Waals surface area (Å²) in [5.74, 6) is -0.264. The molecule has 0 saturated heterocycles. The molecule has 0 spiro atoms. The first kappa shape index (κ1) is 19.1. The topological polar surface area (TPSA) is 61.4 Å². The minimum Gasteiger partial charge on any atom is -0.337 e. The lowest BCUT2D eigenvalue weighted by Gasteiger charge is -2.12. The van der Waals surface area contributed by atoms with E-state index in [1.807, 2.05) is 31.6 Å². The monoisotopic (exact) mass is 412 g/mol. The van der Waals surface area contributed by atoms with Gasteiger partial charge in [-0.05, 0) is 43.2 Å². The number of hydrogen-bond donors (Lipinski definition) is 0. The van der Waals surface area contributed by atoms with Crippen LogP contribution < -0.4 is 0 Å². The van der Waals surface area contributed by atoms with Gasteiger partial charge < -0.3 is 9.13 Å². The molecule has 0 amide bonds. The number of aromatic nitrogens is 6. The molecule has 0 N–H and O–H groups in total. The first-order chi connectivity index (χ1) is 15.2. The van der Waals surface area contributed by atoms with Gasteiger partial charge in [0.05, 0.1) is 17.7 Å². The summed E-state index contributed by atoms with van der Waals surface area (Å²) in [6.07, 6.45) is 11.8. The Balaban J connectivity index is 1.65.